The van der Waals surface area contributed by atoms with Crippen LogP contribution in [0, 0.1) is 0 Å². The maximum Gasteiger partial charge on any atom is 0.251 e. The van der Waals surface area contributed by atoms with E-state index in [2.05, 4.69) is 31.4 Å². The van der Waals surface area contributed by atoms with Crippen molar-refractivity contribution in [3.63, 3.8) is 0 Å². The maximum absolute atomic E-state index is 12.5. The number of ether oxygens (including phenoxy) is 2. The van der Waals surface area contributed by atoms with Gasteiger partial charge in [-0.3, -0.25) is 9.59 Å². The zero-order valence-electron chi connectivity index (χ0n) is 17.4. The van der Waals surface area contributed by atoms with Gasteiger partial charge in [-0.2, -0.15) is 0 Å². The molecule has 1 aliphatic rings. The Balaban J connectivity index is 1.60. The summed E-state index contributed by atoms with van der Waals surface area (Å²) in [5, 5.41) is 5.55. The number of anilines is 1. The van der Waals surface area contributed by atoms with E-state index in [1.807, 2.05) is 12.1 Å². The summed E-state index contributed by atoms with van der Waals surface area (Å²) in [6.07, 6.45) is 0.816. The van der Waals surface area contributed by atoms with Crippen LogP contribution in [0.1, 0.15) is 50.0 Å². The van der Waals surface area contributed by atoms with Crippen LogP contribution in [0.5, 0.6) is 11.5 Å². The molecule has 0 radical (unpaired) electrons. The van der Waals surface area contributed by atoms with Crippen LogP contribution >= 0.6 is 0 Å². The minimum Gasteiger partial charge on any atom is -0.490 e. The Morgan fingerprint density at radius 2 is 1.62 bits per heavy atom. The normalized spacial score (nSPS) is 14.5. The highest BCUT2D eigenvalue weighted by Crippen LogP contribution is 2.32. The van der Waals surface area contributed by atoms with E-state index in [4.69, 9.17) is 9.47 Å². The molecule has 2 amide bonds. The second-order valence-electron chi connectivity index (χ2n) is 8.22. The highest BCUT2D eigenvalue weighted by atomic mass is 16.5. The summed E-state index contributed by atoms with van der Waals surface area (Å²) in [6, 6.07) is 12.0. The first-order chi connectivity index (χ1) is 13.7. The Labute approximate surface area is 171 Å². The first kappa shape index (κ1) is 20.7. The smallest absolute Gasteiger partial charge is 0.251 e. The monoisotopic (exact) mass is 396 g/mol. The minimum absolute atomic E-state index is 0.0187. The van der Waals surface area contributed by atoms with Crippen LogP contribution in [0.15, 0.2) is 42.5 Å². The van der Waals surface area contributed by atoms with Gasteiger partial charge in [-0.05, 0) is 42.2 Å². The number of hydrogen-bond acceptors (Lipinski definition) is 4. The highest BCUT2D eigenvalue weighted by molar-refractivity contribution is 6.01. The van der Waals surface area contributed by atoms with Crippen molar-refractivity contribution in [2.24, 2.45) is 0 Å². The molecule has 1 aliphatic heterocycles. The average Bonchev–Trinajstić information content (AvgIpc) is 2.92. The van der Waals surface area contributed by atoms with E-state index >= 15 is 0 Å². The Morgan fingerprint density at radius 3 is 2.28 bits per heavy atom. The zero-order valence-corrected chi connectivity index (χ0v) is 17.4. The number of carbonyl (C=O) groups is 2. The van der Waals surface area contributed by atoms with E-state index in [9.17, 15) is 9.59 Å². The van der Waals surface area contributed by atoms with E-state index in [1.165, 1.54) is 0 Å². The van der Waals surface area contributed by atoms with Gasteiger partial charge in [-0.25, -0.2) is 0 Å². The molecule has 0 aromatic heterocycles. The van der Waals surface area contributed by atoms with Crippen molar-refractivity contribution in [2.45, 2.75) is 45.6 Å². The third kappa shape index (κ3) is 5.28. The molecule has 1 heterocycles. The topological polar surface area (TPSA) is 76.7 Å². The molecule has 0 aliphatic carbocycles. The quantitative estimate of drug-likeness (QED) is 0.822. The second-order valence-corrected chi connectivity index (χ2v) is 8.22. The lowest BCUT2D eigenvalue weighted by molar-refractivity contribution is -0.117. The van der Waals surface area contributed by atoms with Gasteiger partial charge in [0.2, 0.25) is 5.91 Å². The lowest BCUT2D eigenvalue weighted by atomic mass is 9.86. The summed E-state index contributed by atoms with van der Waals surface area (Å²) in [5.74, 6) is 0.683. The van der Waals surface area contributed by atoms with Gasteiger partial charge in [0.05, 0.1) is 13.2 Å². The molecule has 2 N–H and O–H groups in total. The third-order valence-corrected chi connectivity index (χ3v) is 4.77. The summed E-state index contributed by atoms with van der Waals surface area (Å²) < 4.78 is 11.2. The molecule has 1 atom stereocenters. The molecule has 6 heteroatoms. The Bertz CT molecular complexity index is 885. The summed E-state index contributed by atoms with van der Waals surface area (Å²) in [4.78, 5) is 25.0. The standard InChI is InChI=1S/C23H28N2O4/c1-15(24-22(27)16-6-8-17(9-7-16)23(2,3)4)21(26)25-18-10-11-19-20(14-18)29-13-5-12-28-19/h6-11,14-15H,5,12-13H2,1-4H3,(H,24,27)(H,25,26). The molecule has 2 aromatic carbocycles. The van der Waals surface area contributed by atoms with E-state index < -0.39 is 6.04 Å². The molecule has 0 spiro atoms. The minimum atomic E-state index is -0.694. The lowest BCUT2D eigenvalue weighted by Gasteiger charge is -2.19. The second kappa shape index (κ2) is 8.55. The summed E-state index contributed by atoms with van der Waals surface area (Å²) in [7, 11) is 0. The van der Waals surface area contributed by atoms with Crippen LogP contribution in [0.2, 0.25) is 0 Å². The molecule has 0 bridgehead atoms. The first-order valence-electron chi connectivity index (χ1n) is 9.86. The Morgan fingerprint density at radius 1 is 0.966 bits per heavy atom. The van der Waals surface area contributed by atoms with Gasteiger partial charge in [-0.15, -0.1) is 0 Å². The predicted octanol–water partition coefficient (Wildman–Crippen LogP) is 3.90. The van der Waals surface area contributed by atoms with Crippen LogP contribution in [0.3, 0.4) is 0 Å². The van der Waals surface area contributed by atoms with Crippen molar-refractivity contribution in [1.29, 1.82) is 0 Å². The molecule has 6 nitrogen and oxygen atoms in total. The van der Waals surface area contributed by atoms with Crippen LogP contribution in [0.25, 0.3) is 0 Å². The van der Waals surface area contributed by atoms with Crippen molar-refractivity contribution >= 4 is 17.5 Å². The number of benzene rings is 2. The molecule has 0 saturated heterocycles. The van der Waals surface area contributed by atoms with E-state index in [0.717, 1.165) is 12.0 Å². The first-order valence-corrected chi connectivity index (χ1v) is 9.86. The van der Waals surface area contributed by atoms with Gasteiger partial charge in [0.15, 0.2) is 11.5 Å². The molecule has 1 unspecified atom stereocenters. The van der Waals surface area contributed by atoms with Crippen molar-refractivity contribution in [2.75, 3.05) is 18.5 Å². The van der Waals surface area contributed by atoms with Gasteiger partial charge in [-0.1, -0.05) is 32.9 Å². The number of rotatable bonds is 4. The summed E-state index contributed by atoms with van der Waals surface area (Å²) in [5.41, 5.74) is 2.28. The third-order valence-electron chi connectivity index (χ3n) is 4.77. The number of amides is 2. The fraction of sp³-hybridized carbons (Fsp3) is 0.391. The molecular formula is C23H28N2O4. The molecule has 154 valence electrons. The predicted molar refractivity (Wildman–Crippen MR) is 113 cm³/mol. The van der Waals surface area contributed by atoms with Crippen molar-refractivity contribution < 1.29 is 19.1 Å². The summed E-state index contributed by atoms with van der Waals surface area (Å²) in [6.45, 7) is 9.19. The van der Waals surface area contributed by atoms with Crippen LogP contribution in [-0.4, -0.2) is 31.1 Å². The van der Waals surface area contributed by atoms with E-state index in [-0.39, 0.29) is 17.2 Å². The van der Waals surface area contributed by atoms with Gasteiger partial charge in [0.25, 0.3) is 5.91 Å². The van der Waals surface area contributed by atoms with Gasteiger partial charge >= 0.3 is 0 Å². The fourth-order valence-electron chi connectivity index (χ4n) is 2.96. The van der Waals surface area contributed by atoms with E-state index in [1.54, 1.807) is 37.3 Å². The average molecular weight is 396 g/mol. The number of nitrogens with one attached hydrogen (secondary N) is 2. The van der Waals surface area contributed by atoms with Crippen LogP contribution < -0.4 is 20.1 Å². The zero-order chi connectivity index (χ0) is 21.0. The van der Waals surface area contributed by atoms with E-state index in [0.29, 0.717) is 36.0 Å². The number of carbonyl (C=O) groups excluding carboxylic acids is 2. The van der Waals surface area contributed by atoms with Gasteiger partial charge < -0.3 is 20.1 Å². The van der Waals surface area contributed by atoms with Gasteiger partial charge in [0, 0.05) is 23.7 Å². The number of fused-ring (bicyclic) bond motifs is 1. The van der Waals surface area contributed by atoms with Crippen LogP contribution in [0.4, 0.5) is 5.69 Å². The SMILES string of the molecule is CC(NC(=O)c1ccc(C(C)(C)C)cc1)C(=O)Nc1ccc2c(c1)OCCCO2. The Hall–Kier alpha value is -3.02. The number of hydrogen-bond donors (Lipinski definition) is 2. The van der Waals surface area contributed by atoms with Crippen molar-refractivity contribution in [3.8, 4) is 11.5 Å². The van der Waals surface area contributed by atoms with Gasteiger partial charge in [0.1, 0.15) is 6.04 Å². The largest absolute Gasteiger partial charge is 0.490 e. The summed E-state index contributed by atoms with van der Waals surface area (Å²) >= 11 is 0. The molecule has 0 saturated carbocycles. The molecule has 3 rings (SSSR count). The molecular weight excluding hydrogens is 368 g/mol. The highest BCUT2D eigenvalue weighted by Gasteiger charge is 2.19. The van der Waals surface area contributed by atoms with Crippen molar-refractivity contribution in [1.82, 2.24) is 5.32 Å². The fourth-order valence-corrected chi connectivity index (χ4v) is 2.96. The molecule has 29 heavy (non-hydrogen) atoms. The molecule has 2 aromatic rings. The van der Waals surface area contributed by atoms with Crippen molar-refractivity contribution in [3.05, 3.63) is 53.6 Å². The maximum atomic E-state index is 12.5. The Kier molecular flexibility index (Phi) is 6.11. The van der Waals surface area contributed by atoms with Crippen LogP contribution in [-0.2, 0) is 10.2 Å². The molecule has 0 fully saturated rings. The lowest BCUT2D eigenvalue weighted by Crippen LogP contribution is -2.41.